The predicted octanol–water partition coefficient (Wildman–Crippen LogP) is 3.52. The highest BCUT2D eigenvalue weighted by Gasteiger charge is 2.13. The van der Waals surface area contributed by atoms with Crippen LogP contribution in [0.3, 0.4) is 0 Å². The Balaban J connectivity index is 1.80. The Morgan fingerprint density at radius 2 is 1.90 bits per heavy atom. The van der Waals surface area contributed by atoms with E-state index in [1.807, 2.05) is 31.2 Å². The maximum atomic E-state index is 12.3. The maximum Gasteiger partial charge on any atom is 0.255 e. The van der Waals surface area contributed by atoms with Gasteiger partial charge in [0.1, 0.15) is 0 Å². The van der Waals surface area contributed by atoms with Crippen LogP contribution in [0.4, 0.5) is 5.69 Å². The van der Waals surface area contributed by atoms with Crippen molar-refractivity contribution in [1.82, 2.24) is 4.98 Å². The first kappa shape index (κ1) is 12.9. The summed E-state index contributed by atoms with van der Waals surface area (Å²) in [5.74, 6) is -0.0519. The number of nitrogens with zero attached hydrogens (tertiary/aromatic N) is 1. The lowest BCUT2D eigenvalue weighted by molar-refractivity contribution is 0.102. The molecule has 1 aliphatic rings. The average molecular weight is 266 g/mol. The van der Waals surface area contributed by atoms with Gasteiger partial charge < -0.3 is 5.32 Å². The van der Waals surface area contributed by atoms with Crippen LogP contribution in [0, 0.1) is 6.92 Å². The highest BCUT2D eigenvalue weighted by atomic mass is 16.1. The van der Waals surface area contributed by atoms with Crippen molar-refractivity contribution < 1.29 is 4.79 Å². The lowest BCUT2D eigenvalue weighted by atomic mass is 9.90. The van der Waals surface area contributed by atoms with Gasteiger partial charge in [0, 0.05) is 23.1 Å². The number of fused-ring (bicyclic) bond motifs is 1. The molecule has 0 unspecified atom stereocenters. The standard InChI is InChI=1S/C17H18N2O/c1-12-10-16(8-9-18-12)19-17(20)15-7-6-13-4-2-3-5-14(13)11-15/h6-11H,2-5H2,1H3,(H,18,19,20). The van der Waals surface area contributed by atoms with Gasteiger partial charge in [0.2, 0.25) is 0 Å². The highest BCUT2D eigenvalue weighted by molar-refractivity contribution is 6.04. The molecule has 1 amide bonds. The number of rotatable bonds is 2. The van der Waals surface area contributed by atoms with Crippen molar-refractivity contribution in [2.24, 2.45) is 0 Å². The average Bonchev–Trinajstić information content (AvgIpc) is 2.47. The summed E-state index contributed by atoms with van der Waals surface area (Å²) in [6, 6.07) is 9.74. The van der Waals surface area contributed by atoms with E-state index in [0.717, 1.165) is 29.8 Å². The summed E-state index contributed by atoms with van der Waals surface area (Å²) in [6.45, 7) is 1.91. The van der Waals surface area contributed by atoms with Gasteiger partial charge in [-0.1, -0.05) is 6.07 Å². The van der Waals surface area contributed by atoms with E-state index in [9.17, 15) is 4.79 Å². The van der Waals surface area contributed by atoms with Crippen LogP contribution in [0.1, 0.15) is 40.0 Å². The first-order valence-electron chi connectivity index (χ1n) is 7.08. The van der Waals surface area contributed by atoms with Crippen LogP contribution in [-0.4, -0.2) is 10.9 Å². The summed E-state index contributed by atoms with van der Waals surface area (Å²) in [5, 5.41) is 2.93. The molecule has 0 bridgehead atoms. The van der Waals surface area contributed by atoms with E-state index in [1.165, 1.54) is 24.0 Å². The molecule has 1 aromatic carbocycles. The van der Waals surface area contributed by atoms with Crippen LogP contribution in [0.5, 0.6) is 0 Å². The topological polar surface area (TPSA) is 42.0 Å². The minimum atomic E-state index is -0.0519. The molecule has 0 fully saturated rings. The minimum Gasteiger partial charge on any atom is -0.322 e. The minimum absolute atomic E-state index is 0.0519. The Morgan fingerprint density at radius 1 is 1.10 bits per heavy atom. The van der Waals surface area contributed by atoms with Gasteiger partial charge >= 0.3 is 0 Å². The molecule has 0 radical (unpaired) electrons. The van der Waals surface area contributed by atoms with Crippen molar-refractivity contribution in [1.29, 1.82) is 0 Å². The Labute approximate surface area is 119 Å². The predicted molar refractivity (Wildman–Crippen MR) is 80.0 cm³/mol. The number of pyridine rings is 1. The Hall–Kier alpha value is -2.16. The first-order valence-corrected chi connectivity index (χ1v) is 7.08. The number of hydrogen-bond acceptors (Lipinski definition) is 2. The summed E-state index contributed by atoms with van der Waals surface area (Å²) >= 11 is 0. The van der Waals surface area contributed by atoms with E-state index in [4.69, 9.17) is 0 Å². The summed E-state index contributed by atoms with van der Waals surface area (Å²) in [7, 11) is 0. The van der Waals surface area contributed by atoms with Gasteiger partial charge in [-0.3, -0.25) is 9.78 Å². The normalized spacial score (nSPS) is 13.7. The number of hydrogen-bond donors (Lipinski definition) is 1. The van der Waals surface area contributed by atoms with Gasteiger partial charge in [-0.25, -0.2) is 0 Å². The highest BCUT2D eigenvalue weighted by Crippen LogP contribution is 2.22. The lowest BCUT2D eigenvalue weighted by Crippen LogP contribution is -2.13. The lowest BCUT2D eigenvalue weighted by Gasteiger charge is -2.16. The van der Waals surface area contributed by atoms with Gasteiger partial charge in [-0.15, -0.1) is 0 Å². The molecule has 2 aromatic rings. The molecule has 1 aromatic heterocycles. The molecule has 3 nitrogen and oxygen atoms in total. The van der Waals surface area contributed by atoms with E-state index in [2.05, 4.69) is 16.4 Å². The zero-order chi connectivity index (χ0) is 13.9. The third-order valence-electron chi connectivity index (χ3n) is 3.77. The number of carbonyl (C=O) groups excluding carboxylic acids is 1. The number of aryl methyl sites for hydroxylation is 3. The van der Waals surface area contributed by atoms with Gasteiger partial charge in [0.05, 0.1) is 0 Å². The molecule has 20 heavy (non-hydrogen) atoms. The Kier molecular flexibility index (Phi) is 3.50. The molecule has 0 atom stereocenters. The molecule has 102 valence electrons. The monoisotopic (exact) mass is 266 g/mol. The smallest absolute Gasteiger partial charge is 0.255 e. The van der Waals surface area contributed by atoms with E-state index >= 15 is 0 Å². The van der Waals surface area contributed by atoms with E-state index in [1.54, 1.807) is 6.20 Å². The number of carbonyl (C=O) groups is 1. The molecule has 1 N–H and O–H groups in total. The summed E-state index contributed by atoms with van der Waals surface area (Å²) in [5.41, 5.74) is 5.15. The van der Waals surface area contributed by atoms with E-state index < -0.39 is 0 Å². The number of anilines is 1. The molecule has 0 aliphatic heterocycles. The van der Waals surface area contributed by atoms with Crippen LogP contribution in [0.2, 0.25) is 0 Å². The van der Waals surface area contributed by atoms with Crippen molar-refractivity contribution in [3.63, 3.8) is 0 Å². The maximum absolute atomic E-state index is 12.3. The van der Waals surface area contributed by atoms with Gasteiger partial charge in [0.25, 0.3) is 5.91 Å². The summed E-state index contributed by atoms with van der Waals surface area (Å²) in [6.07, 6.45) is 6.42. The third-order valence-corrected chi connectivity index (χ3v) is 3.77. The summed E-state index contributed by atoms with van der Waals surface area (Å²) in [4.78, 5) is 16.4. The second kappa shape index (κ2) is 5.45. The molecular weight excluding hydrogens is 248 g/mol. The number of benzene rings is 1. The molecular formula is C17H18N2O. The summed E-state index contributed by atoms with van der Waals surface area (Å²) < 4.78 is 0. The first-order chi connectivity index (χ1) is 9.72. The van der Waals surface area contributed by atoms with Crippen LogP contribution in [0.25, 0.3) is 0 Å². The van der Waals surface area contributed by atoms with Crippen molar-refractivity contribution in [3.05, 3.63) is 58.9 Å². The molecule has 0 spiro atoms. The second-order valence-electron chi connectivity index (χ2n) is 5.33. The molecule has 1 heterocycles. The third kappa shape index (κ3) is 2.72. The molecule has 3 heteroatoms. The number of nitrogens with one attached hydrogen (secondary N) is 1. The molecule has 0 saturated carbocycles. The van der Waals surface area contributed by atoms with Crippen molar-refractivity contribution in [2.75, 3.05) is 5.32 Å². The van der Waals surface area contributed by atoms with Gasteiger partial charge in [0.15, 0.2) is 0 Å². The van der Waals surface area contributed by atoms with Crippen LogP contribution in [0.15, 0.2) is 36.5 Å². The van der Waals surface area contributed by atoms with E-state index in [-0.39, 0.29) is 5.91 Å². The largest absolute Gasteiger partial charge is 0.322 e. The molecule has 0 saturated heterocycles. The zero-order valence-electron chi connectivity index (χ0n) is 11.6. The zero-order valence-corrected chi connectivity index (χ0v) is 11.6. The SMILES string of the molecule is Cc1cc(NC(=O)c2ccc3c(c2)CCCC3)ccn1. The van der Waals surface area contributed by atoms with E-state index in [0.29, 0.717) is 0 Å². The number of aromatic nitrogens is 1. The Morgan fingerprint density at radius 3 is 2.70 bits per heavy atom. The van der Waals surface area contributed by atoms with Crippen LogP contribution >= 0.6 is 0 Å². The van der Waals surface area contributed by atoms with Crippen molar-refractivity contribution >= 4 is 11.6 Å². The number of amides is 1. The van der Waals surface area contributed by atoms with Crippen LogP contribution < -0.4 is 5.32 Å². The fourth-order valence-electron chi connectivity index (χ4n) is 2.70. The Bertz CT molecular complexity index is 649. The molecule has 3 rings (SSSR count). The van der Waals surface area contributed by atoms with Crippen molar-refractivity contribution in [2.45, 2.75) is 32.6 Å². The van der Waals surface area contributed by atoms with Crippen molar-refractivity contribution in [3.8, 4) is 0 Å². The fraction of sp³-hybridized carbons (Fsp3) is 0.294. The fourth-order valence-corrected chi connectivity index (χ4v) is 2.70. The molecule has 1 aliphatic carbocycles. The van der Waals surface area contributed by atoms with Gasteiger partial charge in [-0.2, -0.15) is 0 Å². The van der Waals surface area contributed by atoms with Crippen LogP contribution in [-0.2, 0) is 12.8 Å². The quantitative estimate of drug-likeness (QED) is 0.903. The van der Waals surface area contributed by atoms with Gasteiger partial charge in [-0.05, 0) is 68.0 Å². The second-order valence-corrected chi connectivity index (χ2v) is 5.33.